The van der Waals surface area contributed by atoms with Crippen molar-refractivity contribution in [1.82, 2.24) is 0 Å². The van der Waals surface area contributed by atoms with E-state index in [4.69, 9.17) is 4.74 Å². The Morgan fingerprint density at radius 3 is 2.42 bits per heavy atom. The second kappa shape index (κ2) is 6.29. The molecule has 0 N–H and O–H groups in total. The first kappa shape index (κ1) is 15.5. The van der Waals surface area contributed by atoms with Crippen molar-refractivity contribution in [2.24, 2.45) is 0 Å². The molecule has 19 heavy (non-hydrogen) atoms. The van der Waals surface area contributed by atoms with Crippen molar-refractivity contribution in [1.29, 1.82) is 0 Å². The summed E-state index contributed by atoms with van der Waals surface area (Å²) in [5.74, 6) is 0.951. The van der Waals surface area contributed by atoms with Gasteiger partial charge in [-0.2, -0.15) is 0 Å². The number of benzene rings is 1. The summed E-state index contributed by atoms with van der Waals surface area (Å²) in [6, 6.07) is 6.30. The minimum Gasteiger partial charge on any atom is -0.496 e. The Balaban J connectivity index is 2.60. The Hall–Kier alpha value is 0.160. The first-order valence-electron chi connectivity index (χ1n) is 5.68. The van der Waals surface area contributed by atoms with Crippen molar-refractivity contribution in [2.75, 3.05) is 7.11 Å². The lowest BCUT2D eigenvalue weighted by Gasteiger charge is -2.19. The van der Waals surface area contributed by atoms with Crippen LogP contribution < -0.4 is 4.74 Å². The Bertz CT molecular complexity index is 607. The van der Waals surface area contributed by atoms with E-state index < -0.39 is 0 Å². The van der Waals surface area contributed by atoms with Gasteiger partial charge in [-0.05, 0) is 59.1 Å². The predicted molar refractivity (Wildman–Crippen MR) is 93.0 cm³/mol. The average molecular weight is 469 g/mol. The highest BCUT2D eigenvalue weighted by Crippen LogP contribution is 2.45. The van der Waals surface area contributed by atoms with Crippen LogP contribution in [0.3, 0.4) is 0 Å². The van der Waals surface area contributed by atoms with Crippen LogP contribution in [0.1, 0.15) is 26.4 Å². The molecule has 0 radical (unpaired) electrons. The van der Waals surface area contributed by atoms with E-state index >= 15 is 0 Å². The van der Waals surface area contributed by atoms with Crippen LogP contribution in [0.15, 0.2) is 26.5 Å². The van der Waals surface area contributed by atoms with E-state index in [1.54, 1.807) is 18.4 Å². The summed E-state index contributed by atoms with van der Waals surface area (Å²) in [5.41, 5.74) is 3.52. The summed E-state index contributed by atoms with van der Waals surface area (Å²) in [4.78, 5) is 1.39. The molecule has 1 atom stereocenters. The SMILES string of the molecule is COc1c(C)cc(Br)c(C)c1C(Br)c1ccc(Br)s1. The van der Waals surface area contributed by atoms with E-state index in [-0.39, 0.29) is 4.83 Å². The van der Waals surface area contributed by atoms with Gasteiger partial charge >= 0.3 is 0 Å². The van der Waals surface area contributed by atoms with Gasteiger partial charge in [0.15, 0.2) is 0 Å². The maximum Gasteiger partial charge on any atom is 0.126 e. The third-order valence-electron chi connectivity index (χ3n) is 3.01. The van der Waals surface area contributed by atoms with Gasteiger partial charge in [0, 0.05) is 14.9 Å². The summed E-state index contributed by atoms with van der Waals surface area (Å²) in [6.45, 7) is 4.18. The van der Waals surface area contributed by atoms with Crippen molar-refractivity contribution in [3.8, 4) is 5.75 Å². The molecule has 0 aliphatic carbocycles. The molecule has 5 heteroatoms. The molecule has 2 aromatic rings. The number of thiophene rings is 1. The van der Waals surface area contributed by atoms with Gasteiger partial charge < -0.3 is 4.74 Å². The fraction of sp³-hybridized carbons (Fsp3) is 0.286. The number of hydrogen-bond donors (Lipinski definition) is 0. The Morgan fingerprint density at radius 2 is 1.89 bits per heavy atom. The fourth-order valence-corrected chi connectivity index (χ4v) is 5.01. The molecule has 0 aliphatic rings. The Kier molecular flexibility index (Phi) is 5.15. The minimum absolute atomic E-state index is 0.134. The summed E-state index contributed by atoms with van der Waals surface area (Å²) >= 11 is 12.7. The lowest BCUT2D eigenvalue weighted by molar-refractivity contribution is 0.407. The topological polar surface area (TPSA) is 9.23 Å². The van der Waals surface area contributed by atoms with Crippen molar-refractivity contribution in [3.63, 3.8) is 0 Å². The summed E-state index contributed by atoms with van der Waals surface area (Å²) in [5, 5.41) is 0. The molecule has 0 saturated heterocycles. The fourth-order valence-electron chi connectivity index (χ4n) is 2.06. The van der Waals surface area contributed by atoms with E-state index in [0.29, 0.717) is 0 Å². The first-order valence-corrected chi connectivity index (χ1v) is 9.00. The predicted octanol–water partition coefficient (Wildman–Crippen LogP) is 6.38. The number of hydrogen-bond acceptors (Lipinski definition) is 2. The quantitative estimate of drug-likeness (QED) is 0.475. The molecule has 1 unspecified atom stereocenters. The molecular formula is C14H13Br3OS. The molecule has 0 saturated carbocycles. The first-order chi connectivity index (χ1) is 8.95. The second-order valence-electron chi connectivity index (χ2n) is 4.25. The standard InChI is InChI=1S/C14H13Br3OS/c1-7-6-9(15)8(2)12(14(7)18-3)13(17)10-4-5-11(16)19-10/h4-6,13H,1-3H3. The van der Waals surface area contributed by atoms with Crippen LogP contribution in [0.25, 0.3) is 0 Å². The number of rotatable bonds is 3. The highest BCUT2D eigenvalue weighted by molar-refractivity contribution is 9.11. The van der Waals surface area contributed by atoms with E-state index in [0.717, 1.165) is 19.6 Å². The molecule has 0 amide bonds. The summed E-state index contributed by atoms with van der Waals surface area (Å²) < 4.78 is 7.85. The number of methoxy groups -OCH3 is 1. The molecule has 1 nitrogen and oxygen atoms in total. The highest BCUT2D eigenvalue weighted by atomic mass is 79.9. The second-order valence-corrected chi connectivity index (χ2v) is 8.52. The van der Waals surface area contributed by atoms with Gasteiger partial charge in [0.25, 0.3) is 0 Å². The zero-order valence-corrected chi connectivity index (χ0v) is 16.3. The molecule has 1 aromatic carbocycles. The van der Waals surface area contributed by atoms with Gasteiger partial charge in [-0.15, -0.1) is 11.3 Å². The lowest BCUT2D eigenvalue weighted by atomic mass is 10.00. The average Bonchev–Trinajstić information content (AvgIpc) is 2.79. The van der Waals surface area contributed by atoms with Gasteiger partial charge in [-0.25, -0.2) is 0 Å². The molecule has 0 aliphatic heterocycles. The van der Waals surface area contributed by atoms with Crippen molar-refractivity contribution < 1.29 is 4.74 Å². The third kappa shape index (κ3) is 3.09. The molecule has 0 spiro atoms. The zero-order chi connectivity index (χ0) is 14.2. The lowest BCUT2D eigenvalue weighted by Crippen LogP contribution is -2.01. The number of ether oxygens (including phenoxy) is 1. The van der Waals surface area contributed by atoms with E-state index in [9.17, 15) is 0 Å². The zero-order valence-electron chi connectivity index (χ0n) is 10.8. The minimum atomic E-state index is 0.134. The van der Waals surface area contributed by atoms with Crippen LogP contribution in [0.5, 0.6) is 5.75 Å². The van der Waals surface area contributed by atoms with Crippen LogP contribution in [0.4, 0.5) is 0 Å². The van der Waals surface area contributed by atoms with Crippen LogP contribution in [0, 0.1) is 13.8 Å². The Morgan fingerprint density at radius 1 is 1.21 bits per heavy atom. The smallest absolute Gasteiger partial charge is 0.126 e. The van der Waals surface area contributed by atoms with Crippen molar-refractivity contribution >= 4 is 59.1 Å². The van der Waals surface area contributed by atoms with E-state index in [1.165, 1.54) is 16.0 Å². The molecular weight excluding hydrogens is 456 g/mol. The van der Waals surface area contributed by atoms with E-state index in [1.807, 2.05) is 0 Å². The maximum absolute atomic E-state index is 5.60. The van der Waals surface area contributed by atoms with Crippen molar-refractivity contribution in [3.05, 3.63) is 48.0 Å². The summed E-state index contributed by atoms with van der Waals surface area (Å²) in [7, 11) is 1.73. The van der Waals surface area contributed by atoms with Gasteiger partial charge in [-0.3, -0.25) is 0 Å². The number of aryl methyl sites for hydroxylation is 1. The third-order valence-corrected chi connectivity index (χ3v) is 6.78. The monoisotopic (exact) mass is 466 g/mol. The molecule has 0 bridgehead atoms. The van der Waals surface area contributed by atoms with Gasteiger partial charge in [0.05, 0.1) is 15.7 Å². The van der Waals surface area contributed by atoms with Gasteiger partial charge in [-0.1, -0.05) is 31.9 Å². The molecule has 1 aromatic heterocycles. The Labute approximate surface area is 142 Å². The number of alkyl halides is 1. The van der Waals surface area contributed by atoms with Crippen LogP contribution in [-0.2, 0) is 0 Å². The molecule has 1 heterocycles. The van der Waals surface area contributed by atoms with Crippen LogP contribution in [0.2, 0.25) is 0 Å². The maximum atomic E-state index is 5.60. The number of halogens is 3. The van der Waals surface area contributed by atoms with Crippen LogP contribution >= 0.6 is 59.1 Å². The molecule has 0 fully saturated rings. The molecule has 102 valence electrons. The normalized spacial score (nSPS) is 12.5. The largest absolute Gasteiger partial charge is 0.496 e. The molecule has 2 rings (SSSR count). The van der Waals surface area contributed by atoms with Gasteiger partial charge in [0.1, 0.15) is 5.75 Å². The van der Waals surface area contributed by atoms with E-state index in [2.05, 4.69) is 79.8 Å². The van der Waals surface area contributed by atoms with Crippen molar-refractivity contribution in [2.45, 2.75) is 18.7 Å². The van der Waals surface area contributed by atoms with Crippen LogP contribution in [-0.4, -0.2) is 7.11 Å². The summed E-state index contributed by atoms with van der Waals surface area (Å²) in [6.07, 6.45) is 0. The highest BCUT2D eigenvalue weighted by Gasteiger charge is 2.22. The van der Waals surface area contributed by atoms with Gasteiger partial charge in [0.2, 0.25) is 0 Å².